The van der Waals surface area contributed by atoms with Crippen molar-refractivity contribution in [2.45, 2.75) is 18.2 Å². The number of nitrogen functional groups attached to an aromatic ring is 1. The molecule has 0 aliphatic heterocycles. The van der Waals surface area contributed by atoms with Gasteiger partial charge in [0.2, 0.25) is 5.88 Å². The average Bonchev–Trinajstić information content (AvgIpc) is 2.28. The highest BCUT2D eigenvalue weighted by Crippen LogP contribution is 2.18. The molecule has 1 aromatic rings. The Morgan fingerprint density at radius 2 is 2.40 bits per heavy atom. The third-order valence-corrected chi connectivity index (χ3v) is 2.09. The van der Waals surface area contributed by atoms with Crippen LogP contribution in [0.25, 0.3) is 0 Å². The van der Waals surface area contributed by atoms with Gasteiger partial charge < -0.3 is 10.2 Å². The van der Waals surface area contributed by atoms with Crippen molar-refractivity contribution in [2.24, 2.45) is 5.84 Å². The zero-order valence-electron chi connectivity index (χ0n) is 8.52. The molecule has 0 bridgehead atoms. The smallest absolute Gasteiger partial charge is 0.220 e. The fraction of sp³-hybridized carbons (Fsp3) is 0.333. The number of nitrogens with one attached hydrogen (secondary N) is 1. The van der Waals surface area contributed by atoms with E-state index in [0.29, 0.717) is 16.9 Å². The van der Waals surface area contributed by atoms with E-state index >= 15 is 0 Å². The number of thioether (sulfide) groups is 1. The Labute approximate surface area is 92.8 Å². The van der Waals surface area contributed by atoms with Gasteiger partial charge in [-0.1, -0.05) is 17.7 Å². The van der Waals surface area contributed by atoms with Crippen LogP contribution in [0.4, 0.5) is 5.82 Å². The van der Waals surface area contributed by atoms with Gasteiger partial charge in [0, 0.05) is 6.07 Å². The summed E-state index contributed by atoms with van der Waals surface area (Å²) in [6.07, 6.45) is 6.73. The first-order valence-corrected chi connectivity index (χ1v) is 5.44. The lowest BCUT2D eigenvalue weighted by Gasteiger charge is -2.09. The van der Waals surface area contributed by atoms with Crippen LogP contribution < -0.4 is 16.0 Å². The quantitative estimate of drug-likeness (QED) is 0.260. The number of hydrazine groups is 1. The zero-order valence-corrected chi connectivity index (χ0v) is 9.34. The summed E-state index contributed by atoms with van der Waals surface area (Å²) in [5.41, 5.74) is 2.44. The Kier molecular flexibility index (Phi) is 4.21. The monoisotopic (exact) mass is 224 g/mol. The summed E-state index contributed by atoms with van der Waals surface area (Å²) >= 11 is 1.40. The van der Waals surface area contributed by atoms with Crippen LogP contribution >= 0.6 is 11.8 Å². The maximum atomic E-state index is 5.35. The Morgan fingerprint density at radius 1 is 1.67 bits per heavy atom. The Hall–Kier alpha value is -1.45. The molecule has 0 aliphatic rings. The maximum absolute atomic E-state index is 5.35. The third-order valence-electron chi connectivity index (χ3n) is 1.54. The number of ether oxygens (including phenoxy) is 1. The molecular formula is C9H12N4OS. The summed E-state index contributed by atoms with van der Waals surface area (Å²) in [5, 5.41) is 0.574. The zero-order chi connectivity index (χ0) is 11.3. The third kappa shape index (κ3) is 3.31. The van der Waals surface area contributed by atoms with Crippen LogP contribution in [-0.4, -0.2) is 22.3 Å². The van der Waals surface area contributed by atoms with Gasteiger partial charge in [0.15, 0.2) is 11.3 Å². The summed E-state index contributed by atoms with van der Waals surface area (Å²) in [6.45, 7) is 1.76. The number of nitrogens with zero attached hydrogens (tertiary/aromatic N) is 2. The molecule has 6 heteroatoms. The molecule has 15 heavy (non-hydrogen) atoms. The van der Waals surface area contributed by atoms with Crippen LogP contribution in [0.2, 0.25) is 0 Å². The van der Waals surface area contributed by atoms with Crippen molar-refractivity contribution in [3.8, 4) is 18.2 Å². The van der Waals surface area contributed by atoms with Gasteiger partial charge in [-0.2, -0.15) is 4.98 Å². The second-order valence-electron chi connectivity index (χ2n) is 2.65. The van der Waals surface area contributed by atoms with Gasteiger partial charge >= 0.3 is 0 Å². The number of hydrogen-bond acceptors (Lipinski definition) is 6. The molecule has 0 aromatic carbocycles. The van der Waals surface area contributed by atoms with Crippen LogP contribution in [0.3, 0.4) is 0 Å². The summed E-state index contributed by atoms with van der Waals surface area (Å²) in [7, 11) is 0. The van der Waals surface area contributed by atoms with E-state index in [2.05, 4.69) is 21.3 Å². The molecule has 1 rings (SSSR count). The molecule has 0 radical (unpaired) electrons. The number of rotatable bonds is 4. The maximum Gasteiger partial charge on any atom is 0.220 e. The molecule has 1 aromatic heterocycles. The molecule has 0 amide bonds. The van der Waals surface area contributed by atoms with Crippen LogP contribution in [0.1, 0.15) is 6.92 Å². The van der Waals surface area contributed by atoms with E-state index in [-0.39, 0.29) is 6.10 Å². The van der Waals surface area contributed by atoms with E-state index < -0.39 is 0 Å². The first-order chi connectivity index (χ1) is 7.19. The van der Waals surface area contributed by atoms with Crippen LogP contribution in [0.15, 0.2) is 11.2 Å². The minimum Gasteiger partial charge on any atom is -0.461 e. The molecule has 0 fully saturated rings. The van der Waals surface area contributed by atoms with Gasteiger partial charge in [-0.25, -0.2) is 10.8 Å². The van der Waals surface area contributed by atoms with Crippen molar-refractivity contribution in [3.05, 3.63) is 6.07 Å². The van der Waals surface area contributed by atoms with Gasteiger partial charge in [-0.15, -0.1) is 6.42 Å². The van der Waals surface area contributed by atoms with Gasteiger partial charge in [0.1, 0.15) is 5.82 Å². The van der Waals surface area contributed by atoms with Crippen LogP contribution in [0.5, 0.6) is 5.88 Å². The first kappa shape index (κ1) is 11.6. The summed E-state index contributed by atoms with van der Waals surface area (Å²) < 4.78 is 5.35. The number of nitrogens with two attached hydrogens (primary N) is 1. The number of aromatic nitrogens is 2. The Morgan fingerprint density at radius 3 is 2.93 bits per heavy atom. The molecule has 0 saturated heterocycles. The molecular weight excluding hydrogens is 212 g/mol. The van der Waals surface area contributed by atoms with E-state index in [0.717, 1.165) is 0 Å². The lowest BCUT2D eigenvalue weighted by molar-refractivity contribution is 0.265. The van der Waals surface area contributed by atoms with Crippen molar-refractivity contribution < 1.29 is 4.74 Å². The van der Waals surface area contributed by atoms with Gasteiger partial charge in [0.05, 0.1) is 0 Å². The van der Waals surface area contributed by atoms with Crippen molar-refractivity contribution >= 4 is 17.6 Å². The number of anilines is 1. The van der Waals surface area contributed by atoms with E-state index in [1.165, 1.54) is 11.8 Å². The van der Waals surface area contributed by atoms with Crippen LogP contribution in [-0.2, 0) is 0 Å². The van der Waals surface area contributed by atoms with Gasteiger partial charge in [-0.3, -0.25) is 0 Å². The number of terminal acetylenes is 1. The minimum absolute atomic E-state index is 0.333. The van der Waals surface area contributed by atoms with E-state index in [4.69, 9.17) is 17.0 Å². The Bertz CT molecular complexity index is 355. The molecule has 80 valence electrons. The minimum atomic E-state index is -0.333. The molecule has 0 aliphatic carbocycles. The highest BCUT2D eigenvalue weighted by atomic mass is 32.2. The SMILES string of the molecule is C#CC(C)Oc1cc(NN)nc(SC)n1. The summed E-state index contributed by atoms with van der Waals surface area (Å²) in [4.78, 5) is 8.21. The van der Waals surface area contributed by atoms with Gasteiger partial charge in [-0.05, 0) is 13.2 Å². The summed E-state index contributed by atoms with van der Waals surface area (Å²) in [6, 6.07) is 1.59. The fourth-order valence-electron chi connectivity index (χ4n) is 0.845. The fourth-order valence-corrected chi connectivity index (χ4v) is 1.22. The Balaban J connectivity index is 2.92. The molecule has 1 unspecified atom stereocenters. The second kappa shape index (κ2) is 5.44. The highest BCUT2D eigenvalue weighted by molar-refractivity contribution is 7.98. The standard InChI is InChI=1S/C9H12N4OS/c1-4-6(2)14-8-5-7(13-10)11-9(12-8)15-3/h1,5-6H,10H2,2-3H3,(H,11,12,13). The topological polar surface area (TPSA) is 73.1 Å². The predicted octanol–water partition coefficient (Wildman–Crippen LogP) is 0.885. The molecule has 3 N–H and O–H groups in total. The normalized spacial score (nSPS) is 11.6. The molecule has 1 atom stereocenters. The highest BCUT2D eigenvalue weighted by Gasteiger charge is 2.06. The lowest BCUT2D eigenvalue weighted by atomic mass is 10.4. The summed E-state index contributed by atoms with van der Waals surface area (Å²) in [5.74, 6) is 8.61. The van der Waals surface area contributed by atoms with Crippen molar-refractivity contribution in [1.82, 2.24) is 9.97 Å². The molecule has 0 spiro atoms. The largest absolute Gasteiger partial charge is 0.461 e. The van der Waals surface area contributed by atoms with Crippen molar-refractivity contribution in [1.29, 1.82) is 0 Å². The predicted molar refractivity (Wildman–Crippen MR) is 60.5 cm³/mol. The second-order valence-corrected chi connectivity index (χ2v) is 3.42. The van der Waals surface area contributed by atoms with Gasteiger partial charge in [0.25, 0.3) is 0 Å². The van der Waals surface area contributed by atoms with Crippen LogP contribution in [0, 0.1) is 12.3 Å². The lowest BCUT2D eigenvalue weighted by Crippen LogP contribution is -2.13. The molecule has 0 saturated carbocycles. The first-order valence-electron chi connectivity index (χ1n) is 4.22. The van der Waals surface area contributed by atoms with Crippen molar-refractivity contribution in [2.75, 3.05) is 11.7 Å². The van der Waals surface area contributed by atoms with E-state index in [1.807, 2.05) is 6.26 Å². The van der Waals surface area contributed by atoms with Crippen molar-refractivity contribution in [3.63, 3.8) is 0 Å². The number of hydrogen-bond donors (Lipinski definition) is 2. The van der Waals surface area contributed by atoms with E-state index in [1.54, 1.807) is 13.0 Å². The van der Waals surface area contributed by atoms with E-state index in [9.17, 15) is 0 Å². The average molecular weight is 224 g/mol. The molecule has 1 heterocycles. The molecule has 5 nitrogen and oxygen atoms in total.